The molecule has 0 radical (unpaired) electrons. The van der Waals surface area contributed by atoms with Crippen LogP contribution in [0.5, 0.6) is 11.5 Å². The minimum atomic E-state index is -0.475. The van der Waals surface area contributed by atoms with Gasteiger partial charge in [-0.2, -0.15) is 0 Å². The average Bonchev–Trinajstić information content (AvgIpc) is 3.57. The van der Waals surface area contributed by atoms with Crippen molar-refractivity contribution in [3.8, 4) is 11.5 Å². The van der Waals surface area contributed by atoms with Crippen LogP contribution in [0.1, 0.15) is 43.6 Å². The highest BCUT2D eigenvalue weighted by atomic mass is 32.1. The van der Waals surface area contributed by atoms with Gasteiger partial charge in [0.1, 0.15) is 0 Å². The SMILES string of the molecule is Cc1ccccc1CNC(=O)[C@H]1CCCN(C(=O)c2nnc(C(=O)Nc3ccc4c(c3)OCO4)s2)C1. The first-order valence-electron chi connectivity index (χ1n) is 11.6. The number of amides is 3. The number of fused-ring (bicyclic) bond motifs is 1. The molecule has 1 aromatic heterocycles. The molecule has 0 spiro atoms. The van der Waals surface area contributed by atoms with E-state index < -0.39 is 5.91 Å². The lowest BCUT2D eigenvalue weighted by molar-refractivity contribution is -0.126. The molecule has 2 aliphatic rings. The molecule has 3 aromatic rings. The number of rotatable bonds is 6. The molecule has 5 rings (SSSR count). The van der Waals surface area contributed by atoms with Gasteiger partial charge < -0.3 is 25.0 Å². The van der Waals surface area contributed by atoms with E-state index in [9.17, 15) is 14.4 Å². The molecule has 1 atom stereocenters. The van der Waals surface area contributed by atoms with E-state index in [1.807, 2.05) is 31.2 Å². The maximum atomic E-state index is 13.1. The minimum absolute atomic E-state index is 0.0700. The van der Waals surface area contributed by atoms with Crippen LogP contribution >= 0.6 is 11.3 Å². The Bertz CT molecular complexity index is 1310. The number of nitrogens with zero attached hydrogens (tertiary/aromatic N) is 3. The van der Waals surface area contributed by atoms with Gasteiger partial charge >= 0.3 is 0 Å². The topological polar surface area (TPSA) is 123 Å². The zero-order valence-electron chi connectivity index (χ0n) is 19.7. The van der Waals surface area contributed by atoms with Crippen molar-refractivity contribution in [2.24, 2.45) is 5.92 Å². The van der Waals surface area contributed by atoms with Gasteiger partial charge in [0.05, 0.1) is 5.92 Å². The molecular formula is C25H25N5O5S. The van der Waals surface area contributed by atoms with Crippen molar-refractivity contribution >= 4 is 34.7 Å². The van der Waals surface area contributed by atoms with Crippen LogP contribution in [-0.4, -0.2) is 52.7 Å². The Labute approximate surface area is 211 Å². The van der Waals surface area contributed by atoms with Crippen molar-refractivity contribution in [3.05, 3.63) is 63.6 Å². The standard InChI is InChI=1S/C25H25N5O5S/c1-15-5-2-3-6-16(15)12-26-21(31)17-7-4-10-30(13-17)25(33)24-29-28-23(36-24)22(32)27-18-8-9-19-20(11-18)35-14-34-19/h2-3,5-6,8-9,11,17H,4,7,10,12-14H2,1H3,(H,26,31)(H,27,32)/t17-/m0/s1. The molecule has 3 heterocycles. The van der Waals surface area contributed by atoms with Crippen molar-refractivity contribution in [1.82, 2.24) is 20.4 Å². The molecular weight excluding hydrogens is 482 g/mol. The molecule has 2 aliphatic heterocycles. The van der Waals surface area contributed by atoms with Gasteiger partial charge in [-0.1, -0.05) is 35.6 Å². The number of piperidine rings is 1. The van der Waals surface area contributed by atoms with Crippen molar-refractivity contribution in [2.75, 3.05) is 25.2 Å². The van der Waals surface area contributed by atoms with Crippen molar-refractivity contribution in [3.63, 3.8) is 0 Å². The lowest BCUT2D eigenvalue weighted by Crippen LogP contribution is -2.45. The Hall–Kier alpha value is -3.99. The predicted octanol–water partition coefficient (Wildman–Crippen LogP) is 3.00. The first kappa shape index (κ1) is 23.7. The zero-order chi connectivity index (χ0) is 25.1. The van der Waals surface area contributed by atoms with E-state index in [2.05, 4.69) is 20.8 Å². The summed E-state index contributed by atoms with van der Waals surface area (Å²) in [6.45, 7) is 3.43. The molecule has 0 saturated carbocycles. The molecule has 1 saturated heterocycles. The lowest BCUT2D eigenvalue weighted by Gasteiger charge is -2.31. The summed E-state index contributed by atoms with van der Waals surface area (Å²) >= 11 is 0.924. The summed E-state index contributed by atoms with van der Waals surface area (Å²) in [5.74, 6) is -0.0159. The number of aryl methyl sites for hydroxylation is 1. The minimum Gasteiger partial charge on any atom is -0.454 e. The van der Waals surface area contributed by atoms with Gasteiger partial charge in [-0.25, -0.2) is 0 Å². The zero-order valence-corrected chi connectivity index (χ0v) is 20.5. The highest BCUT2D eigenvalue weighted by molar-refractivity contribution is 7.15. The molecule has 0 bridgehead atoms. The maximum Gasteiger partial charge on any atom is 0.286 e. The molecule has 3 amide bonds. The van der Waals surface area contributed by atoms with Gasteiger partial charge in [0.15, 0.2) is 11.5 Å². The second-order valence-electron chi connectivity index (χ2n) is 8.67. The summed E-state index contributed by atoms with van der Waals surface area (Å²) in [5.41, 5.74) is 2.70. The van der Waals surface area contributed by atoms with Crippen molar-refractivity contribution < 1.29 is 23.9 Å². The summed E-state index contributed by atoms with van der Waals surface area (Å²) in [6, 6.07) is 13.0. The second-order valence-corrected chi connectivity index (χ2v) is 9.65. The van der Waals surface area contributed by atoms with Crippen LogP contribution in [0.15, 0.2) is 42.5 Å². The van der Waals surface area contributed by atoms with Gasteiger partial charge in [-0.05, 0) is 43.0 Å². The Morgan fingerprint density at radius 1 is 1.08 bits per heavy atom. The number of benzene rings is 2. The van der Waals surface area contributed by atoms with E-state index in [0.29, 0.717) is 49.7 Å². The highest BCUT2D eigenvalue weighted by Crippen LogP contribution is 2.34. The van der Waals surface area contributed by atoms with Gasteiger partial charge in [0, 0.05) is 31.4 Å². The number of ether oxygens (including phenoxy) is 2. The normalized spacial score (nSPS) is 16.5. The largest absolute Gasteiger partial charge is 0.454 e. The quantitative estimate of drug-likeness (QED) is 0.526. The third-order valence-corrected chi connectivity index (χ3v) is 7.14. The first-order valence-corrected chi connectivity index (χ1v) is 12.5. The fraction of sp³-hybridized carbons (Fsp3) is 0.320. The Morgan fingerprint density at radius 3 is 2.75 bits per heavy atom. The number of likely N-dealkylation sites (tertiary alicyclic amines) is 1. The Morgan fingerprint density at radius 2 is 1.89 bits per heavy atom. The van der Waals surface area contributed by atoms with Crippen LogP contribution in [0, 0.1) is 12.8 Å². The third kappa shape index (κ3) is 5.15. The summed E-state index contributed by atoms with van der Waals surface area (Å²) in [7, 11) is 0. The van der Waals surface area contributed by atoms with E-state index >= 15 is 0 Å². The molecule has 10 nitrogen and oxygen atoms in total. The van der Waals surface area contributed by atoms with Crippen LogP contribution in [0.2, 0.25) is 0 Å². The summed E-state index contributed by atoms with van der Waals surface area (Å²) < 4.78 is 10.6. The monoisotopic (exact) mass is 507 g/mol. The molecule has 11 heteroatoms. The van der Waals surface area contributed by atoms with E-state index in [4.69, 9.17) is 9.47 Å². The van der Waals surface area contributed by atoms with E-state index in [-0.39, 0.29) is 34.5 Å². The number of carbonyl (C=O) groups excluding carboxylic acids is 3. The van der Waals surface area contributed by atoms with E-state index in [1.54, 1.807) is 23.1 Å². The smallest absolute Gasteiger partial charge is 0.286 e. The highest BCUT2D eigenvalue weighted by Gasteiger charge is 2.31. The first-order chi connectivity index (χ1) is 17.5. The van der Waals surface area contributed by atoms with Crippen LogP contribution in [-0.2, 0) is 11.3 Å². The predicted molar refractivity (Wildman–Crippen MR) is 132 cm³/mol. The number of hydrogen-bond donors (Lipinski definition) is 2. The van der Waals surface area contributed by atoms with Crippen LogP contribution < -0.4 is 20.1 Å². The Kier molecular flexibility index (Phi) is 6.81. The molecule has 186 valence electrons. The number of nitrogens with one attached hydrogen (secondary N) is 2. The molecule has 0 aliphatic carbocycles. The van der Waals surface area contributed by atoms with Gasteiger partial charge in [0.25, 0.3) is 11.8 Å². The average molecular weight is 508 g/mol. The van der Waals surface area contributed by atoms with Gasteiger partial charge in [-0.15, -0.1) is 10.2 Å². The molecule has 36 heavy (non-hydrogen) atoms. The second kappa shape index (κ2) is 10.3. The maximum absolute atomic E-state index is 13.1. The molecule has 2 aromatic carbocycles. The summed E-state index contributed by atoms with van der Waals surface area (Å²) in [5, 5.41) is 13.7. The Balaban J connectivity index is 1.17. The fourth-order valence-electron chi connectivity index (χ4n) is 4.21. The molecule has 0 unspecified atom stereocenters. The van der Waals surface area contributed by atoms with Crippen molar-refractivity contribution in [2.45, 2.75) is 26.3 Å². The number of anilines is 1. The third-order valence-electron chi connectivity index (χ3n) is 6.23. The fourth-order valence-corrected chi connectivity index (χ4v) is 4.91. The van der Waals surface area contributed by atoms with Gasteiger partial charge in [0.2, 0.25) is 22.7 Å². The molecule has 2 N–H and O–H groups in total. The van der Waals surface area contributed by atoms with Crippen LogP contribution in [0.4, 0.5) is 5.69 Å². The van der Waals surface area contributed by atoms with Crippen molar-refractivity contribution in [1.29, 1.82) is 0 Å². The number of hydrogen-bond acceptors (Lipinski definition) is 8. The molecule has 1 fully saturated rings. The van der Waals surface area contributed by atoms with Crippen LogP contribution in [0.3, 0.4) is 0 Å². The van der Waals surface area contributed by atoms with Crippen LogP contribution in [0.25, 0.3) is 0 Å². The van der Waals surface area contributed by atoms with Gasteiger partial charge in [-0.3, -0.25) is 14.4 Å². The van der Waals surface area contributed by atoms with E-state index in [1.165, 1.54) is 0 Å². The number of aromatic nitrogens is 2. The van der Waals surface area contributed by atoms with E-state index in [0.717, 1.165) is 22.5 Å². The lowest BCUT2D eigenvalue weighted by atomic mass is 9.97. The summed E-state index contributed by atoms with van der Waals surface area (Å²) in [4.78, 5) is 40.1. The number of carbonyl (C=O) groups is 3. The summed E-state index contributed by atoms with van der Waals surface area (Å²) in [6.07, 6.45) is 1.42.